The van der Waals surface area contributed by atoms with Crippen molar-refractivity contribution in [3.63, 3.8) is 0 Å². The van der Waals surface area contributed by atoms with Gasteiger partial charge in [-0.25, -0.2) is 0 Å². The first-order valence-corrected chi connectivity index (χ1v) is 4.26. The molecule has 13 heavy (non-hydrogen) atoms. The van der Waals surface area contributed by atoms with Crippen LogP contribution in [-0.2, 0) is 0 Å². The van der Waals surface area contributed by atoms with Crippen LogP contribution in [0, 0.1) is 6.92 Å². The topological polar surface area (TPSA) is 36.1 Å². The minimum absolute atomic E-state index is 0.993. The summed E-state index contributed by atoms with van der Waals surface area (Å²) in [6.07, 6.45) is 0. The van der Waals surface area contributed by atoms with E-state index in [0.29, 0.717) is 0 Å². The molecule has 1 aromatic rings. The predicted molar refractivity (Wildman–Crippen MR) is 59.5 cm³/mol. The predicted octanol–water partition coefficient (Wildman–Crippen LogP) is 1.99. The molecule has 0 heterocycles. The molecule has 0 fully saturated rings. The smallest absolute Gasteiger partial charge is 0.0808 e. The number of anilines is 3. The Bertz CT molecular complexity index is 269. The van der Waals surface area contributed by atoms with Crippen LogP contribution in [0.4, 0.5) is 17.1 Å². The maximum absolute atomic E-state index is 3.91. The Kier molecular flexibility index (Phi) is 3.01. The van der Waals surface area contributed by atoms with Crippen molar-refractivity contribution in [2.24, 2.45) is 0 Å². The molecule has 0 aliphatic carbocycles. The molecule has 3 N–H and O–H groups in total. The molecule has 0 bridgehead atoms. The van der Waals surface area contributed by atoms with Gasteiger partial charge in [0.1, 0.15) is 0 Å². The van der Waals surface area contributed by atoms with Crippen molar-refractivity contribution in [2.75, 3.05) is 37.1 Å². The molecular formula is C10H16N3. The zero-order valence-corrected chi connectivity index (χ0v) is 8.36. The molecule has 0 saturated carbocycles. The van der Waals surface area contributed by atoms with Crippen molar-refractivity contribution in [3.8, 4) is 0 Å². The fraction of sp³-hybridized carbons (Fsp3) is 0.300. The summed E-state index contributed by atoms with van der Waals surface area (Å²) in [6.45, 7) is 3.91. The largest absolute Gasteiger partial charge is 0.386 e. The van der Waals surface area contributed by atoms with Gasteiger partial charge in [0.25, 0.3) is 0 Å². The summed E-state index contributed by atoms with van der Waals surface area (Å²) in [6, 6.07) is 4.01. The molecule has 0 aliphatic rings. The van der Waals surface area contributed by atoms with Crippen molar-refractivity contribution in [1.82, 2.24) is 0 Å². The lowest BCUT2D eigenvalue weighted by atomic mass is 10.1. The zero-order chi connectivity index (χ0) is 9.84. The lowest BCUT2D eigenvalue weighted by Gasteiger charge is -2.14. The maximum atomic E-state index is 3.91. The molecule has 3 heteroatoms. The van der Waals surface area contributed by atoms with Gasteiger partial charge in [0.15, 0.2) is 0 Å². The molecule has 0 saturated heterocycles. The minimum Gasteiger partial charge on any atom is -0.386 e. The molecule has 71 valence electrons. The standard InChI is InChI=1S/C10H16N3/c1-7-5-8(11-2)10(13-4)9(6-7)12-3/h5-6,11-13H,1H2,2-4H3. The highest BCUT2D eigenvalue weighted by Crippen LogP contribution is 2.31. The monoisotopic (exact) mass is 178 g/mol. The van der Waals surface area contributed by atoms with E-state index in [-0.39, 0.29) is 0 Å². The van der Waals surface area contributed by atoms with Crippen molar-refractivity contribution in [2.45, 2.75) is 0 Å². The maximum Gasteiger partial charge on any atom is 0.0808 e. The molecule has 0 spiro atoms. The van der Waals surface area contributed by atoms with E-state index in [1.165, 1.54) is 0 Å². The lowest BCUT2D eigenvalue weighted by molar-refractivity contribution is 1.40. The summed E-state index contributed by atoms with van der Waals surface area (Å²) in [5.74, 6) is 0. The summed E-state index contributed by atoms with van der Waals surface area (Å²) in [5, 5.41) is 9.38. The summed E-state index contributed by atoms with van der Waals surface area (Å²) < 4.78 is 0. The average molecular weight is 178 g/mol. The van der Waals surface area contributed by atoms with Crippen LogP contribution >= 0.6 is 0 Å². The summed E-state index contributed by atoms with van der Waals surface area (Å²) >= 11 is 0. The van der Waals surface area contributed by atoms with Crippen LogP contribution in [0.25, 0.3) is 0 Å². The highest BCUT2D eigenvalue weighted by Gasteiger charge is 2.05. The van der Waals surface area contributed by atoms with E-state index in [1.54, 1.807) is 0 Å². The van der Waals surface area contributed by atoms with Gasteiger partial charge in [-0.2, -0.15) is 0 Å². The molecule has 0 unspecified atom stereocenters. The first-order valence-electron chi connectivity index (χ1n) is 4.26. The van der Waals surface area contributed by atoms with Crippen LogP contribution < -0.4 is 16.0 Å². The van der Waals surface area contributed by atoms with Crippen molar-refractivity contribution in [3.05, 3.63) is 24.6 Å². The quantitative estimate of drug-likeness (QED) is 0.662. The van der Waals surface area contributed by atoms with Crippen LogP contribution in [0.3, 0.4) is 0 Å². The van der Waals surface area contributed by atoms with Gasteiger partial charge in [-0.15, -0.1) is 0 Å². The van der Waals surface area contributed by atoms with E-state index in [1.807, 2.05) is 33.3 Å². The molecule has 0 aliphatic heterocycles. The molecule has 0 atom stereocenters. The van der Waals surface area contributed by atoms with E-state index in [9.17, 15) is 0 Å². The summed E-state index contributed by atoms with van der Waals surface area (Å²) in [5.41, 5.74) is 4.17. The average Bonchev–Trinajstić information content (AvgIpc) is 2.16. The molecule has 1 aromatic carbocycles. The Morgan fingerprint density at radius 1 is 0.923 bits per heavy atom. The molecule has 0 amide bonds. The van der Waals surface area contributed by atoms with Crippen LogP contribution in [0.2, 0.25) is 0 Å². The summed E-state index contributed by atoms with van der Waals surface area (Å²) in [7, 11) is 5.70. The van der Waals surface area contributed by atoms with Gasteiger partial charge in [-0.3, -0.25) is 0 Å². The van der Waals surface area contributed by atoms with E-state index in [4.69, 9.17) is 0 Å². The van der Waals surface area contributed by atoms with Crippen molar-refractivity contribution in [1.29, 1.82) is 0 Å². The van der Waals surface area contributed by atoms with Gasteiger partial charge in [0.2, 0.25) is 0 Å². The van der Waals surface area contributed by atoms with Gasteiger partial charge in [-0.05, 0) is 24.6 Å². The van der Waals surface area contributed by atoms with E-state index < -0.39 is 0 Å². The van der Waals surface area contributed by atoms with Gasteiger partial charge in [-0.1, -0.05) is 0 Å². The van der Waals surface area contributed by atoms with Crippen LogP contribution in [-0.4, -0.2) is 21.1 Å². The second kappa shape index (κ2) is 4.03. The molecule has 3 nitrogen and oxygen atoms in total. The number of hydrogen-bond donors (Lipinski definition) is 3. The number of hydrogen-bond acceptors (Lipinski definition) is 3. The third-order valence-corrected chi connectivity index (χ3v) is 1.99. The SMILES string of the molecule is [CH2]c1cc(NC)c(NC)c(NC)c1. The highest BCUT2D eigenvalue weighted by molar-refractivity contribution is 5.83. The van der Waals surface area contributed by atoms with Gasteiger partial charge in [0.05, 0.1) is 17.1 Å². The minimum atomic E-state index is 0.993. The van der Waals surface area contributed by atoms with Crippen LogP contribution in [0.1, 0.15) is 5.56 Å². The van der Waals surface area contributed by atoms with Gasteiger partial charge in [0, 0.05) is 21.1 Å². The van der Waals surface area contributed by atoms with Crippen LogP contribution in [0.5, 0.6) is 0 Å². The number of benzene rings is 1. The molecule has 1 radical (unpaired) electrons. The normalized spacial score (nSPS) is 9.54. The third kappa shape index (κ3) is 1.86. The fourth-order valence-electron chi connectivity index (χ4n) is 1.37. The Labute approximate surface area is 79.5 Å². The fourth-order valence-corrected chi connectivity index (χ4v) is 1.37. The molecule has 1 rings (SSSR count). The molecular weight excluding hydrogens is 162 g/mol. The summed E-state index contributed by atoms with van der Waals surface area (Å²) in [4.78, 5) is 0. The van der Waals surface area contributed by atoms with Crippen molar-refractivity contribution >= 4 is 17.1 Å². The second-order valence-electron chi connectivity index (χ2n) is 2.82. The number of rotatable bonds is 3. The molecule has 0 aromatic heterocycles. The van der Waals surface area contributed by atoms with Gasteiger partial charge < -0.3 is 16.0 Å². The Hall–Kier alpha value is -1.38. The Morgan fingerprint density at radius 2 is 1.38 bits per heavy atom. The van der Waals surface area contributed by atoms with E-state index in [0.717, 1.165) is 22.6 Å². The van der Waals surface area contributed by atoms with Crippen LogP contribution in [0.15, 0.2) is 12.1 Å². The van der Waals surface area contributed by atoms with Gasteiger partial charge >= 0.3 is 0 Å². The Morgan fingerprint density at radius 3 is 1.69 bits per heavy atom. The first-order chi connectivity index (χ1) is 6.22. The van der Waals surface area contributed by atoms with E-state index in [2.05, 4.69) is 22.9 Å². The van der Waals surface area contributed by atoms with E-state index >= 15 is 0 Å². The highest BCUT2D eigenvalue weighted by atomic mass is 15.0. The Balaban J connectivity index is 3.25. The zero-order valence-electron chi connectivity index (χ0n) is 8.36. The lowest BCUT2D eigenvalue weighted by Crippen LogP contribution is -2.02. The third-order valence-electron chi connectivity index (χ3n) is 1.99. The number of nitrogens with one attached hydrogen (secondary N) is 3. The second-order valence-corrected chi connectivity index (χ2v) is 2.82. The van der Waals surface area contributed by atoms with Crippen molar-refractivity contribution < 1.29 is 0 Å². The first kappa shape index (κ1) is 9.71.